The van der Waals surface area contributed by atoms with Crippen molar-refractivity contribution in [3.05, 3.63) is 39.8 Å². The molecule has 0 unspecified atom stereocenters. The first-order valence-electron chi connectivity index (χ1n) is 7.68. The van der Waals surface area contributed by atoms with Gasteiger partial charge in [0.05, 0.1) is 10.2 Å². The molecular formula is C15H13N7O2S2. The largest absolute Gasteiger partial charge is 0.288 e. The highest BCUT2D eigenvalue weighted by molar-refractivity contribution is 7.98. The Kier molecular flexibility index (Phi) is 4.17. The summed E-state index contributed by atoms with van der Waals surface area (Å²) in [6.07, 6.45) is 4.15. The third-order valence-corrected chi connectivity index (χ3v) is 5.77. The van der Waals surface area contributed by atoms with Crippen LogP contribution in [0.5, 0.6) is 0 Å². The van der Waals surface area contributed by atoms with Gasteiger partial charge in [0.1, 0.15) is 5.56 Å². The minimum Gasteiger partial charge on any atom is -0.288 e. The number of carbonyl (C=O) groups excluding carboxylic acids is 1. The predicted octanol–water partition coefficient (Wildman–Crippen LogP) is 1.96. The molecule has 4 rings (SSSR count). The zero-order valence-corrected chi connectivity index (χ0v) is 15.4. The molecule has 1 aromatic carbocycles. The number of aromatic amines is 1. The minimum absolute atomic E-state index is 0.00689. The second-order valence-electron chi connectivity index (χ2n) is 5.37. The van der Waals surface area contributed by atoms with Gasteiger partial charge in [-0.05, 0) is 35.6 Å². The van der Waals surface area contributed by atoms with Crippen LogP contribution < -0.4 is 10.9 Å². The summed E-state index contributed by atoms with van der Waals surface area (Å²) in [7, 11) is 0. The number of fused-ring (bicyclic) bond motifs is 3. The zero-order chi connectivity index (χ0) is 18.3. The summed E-state index contributed by atoms with van der Waals surface area (Å²) >= 11 is 3.09. The van der Waals surface area contributed by atoms with Crippen LogP contribution in [-0.4, -0.2) is 42.2 Å². The normalized spacial score (nSPS) is 11.3. The molecule has 0 fully saturated rings. The number of hydrogen-bond acceptors (Lipinski definition) is 8. The van der Waals surface area contributed by atoms with Gasteiger partial charge in [0.15, 0.2) is 4.96 Å². The highest BCUT2D eigenvalue weighted by Crippen LogP contribution is 2.31. The van der Waals surface area contributed by atoms with E-state index >= 15 is 0 Å². The summed E-state index contributed by atoms with van der Waals surface area (Å²) in [6, 6.07) is 4.06. The van der Waals surface area contributed by atoms with Crippen molar-refractivity contribution in [1.29, 1.82) is 0 Å². The van der Waals surface area contributed by atoms with Crippen LogP contribution in [-0.2, 0) is 6.42 Å². The van der Waals surface area contributed by atoms with E-state index in [2.05, 4.69) is 43.9 Å². The molecule has 132 valence electrons. The van der Waals surface area contributed by atoms with Crippen molar-refractivity contribution in [1.82, 2.24) is 30.0 Å². The Hall–Kier alpha value is -2.79. The van der Waals surface area contributed by atoms with Crippen molar-refractivity contribution in [3.8, 4) is 0 Å². The number of hydrogen-bond donors (Lipinski definition) is 2. The lowest BCUT2D eigenvalue weighted by Crippen LogP contribution is -2.26. The highest BCUT2D eigenvalue weighted by atomic mass is 32.2. The van der Waals surface area contributed by atoms with Crippen LogP contribution in [0.3, 0.4) is 0 Å². The van der Waals surface area contributed by atoms with E-state index in [1.54, 1.807) is 11.8 Å². The van der Waals surface area contributed by atoms with Crippen LogP contribution in [0.2, 0.25) is 0 Å². The molecule has 0 aliphatic heterocycles. The van der Waals surface area contributed by atoms with Gasteiger partial charge in [0, 0.05) is 11.1 Å². The Balaban J connectivity index is 1.89. The average Bonchev–Trinajstić information content (AvgIpc) is 3.27. The summed E-state index contributed by atoms with van der Waals surface area (Å²) in [5.74, 6) is -0.637. The van der Waals surface area contributed by atoms with Crippen molar-refractivity contribution in [2.24, 2.45) is 0 Å². The van der Waals surface area contributed by atoms with Crippen LogP contribution in [0.15, 0.2) is 28.0 Å². The molecule has 4 aromatic rings. The standard InChI is InChI=1S/C15H13N7O2S2/c1-3-7-4-9-11(5-10(7)25-2)26-15-16-6-8(13(24)22(9)15)12(23)17-14-18-20-21-19-14/h4-6H,3H2,1-2H3,(H2,17,18,19,20,21,23). The molecule has 0 saturated heterocycles. The molecule has 0 spiro atoms. The number of benzene rings is 1. The maximum absolute atomic E-state index is 12.9. The van der Waals surface area contributed by atoms with Gasteiger partial charge in [-0.3, -0.25) is 19.3 Å². The van der Waals surface area contributed by atoms with E-state index in [9.17, 15) is 9.59 Å². The third-order valence-electron chi connectivity index (χ3n) is 3.93. The van der Waals surface area contributed by atoms with E-state index in [-0.39, 0.29) is 11.5 Å². The molecule has 0 aliphatic rings. The van der Waals surface area contributed by atoms with Crippen molar-refractivity contribution >= 4 is 50.1 Å². The fourth-order valence-corrected chi connectivity index (χ4v) is 4.46. The molecule has 9 nitrogen and oxygen atoms in total. The van der Waals surface area contributed by atoms with Crippen LogP contribution in [0.1, 0.15) is 22.8 Å². The fourth-order valence-electron chi connectivity index (χ4n) is 2.68. The molecule has 2 N–H and O–H groups in total. The molecule has 0 saturated carbocycles. The second kappa shape index (κ2) is 6.50. The first-order chi connectivity index (χ1) is 12.6. The third kappa shape index (κ3) is 2.65. The summed E-state index contributed by atoms with van der Waals surface area (Å²) in [5, 5.41) is 15.3. The fraction of sp³-hybridized carbons (Fsp3) is 0.200. The molecular weight excluding hydrogens is 374 g/mol. The number of thiazole rings is 1. The van der Waals surface area contributed by atoms with E-state index in [0.717, 1.165) is 22.2 Å². The summed E-state index contributed by atoms with van der Waals surface area (Å²) in [5.41, 5.74) is 1.39. The van der Waals surface area contributed by atoms with Gasteiger partial charge in [0.2, 0.25) is 0 Å². The molecule has 1 amide bonds. The second-order valence-corrected chi connectivity index (χ2v) is 7.23. The summed E-state index contributed by atoms with van der Waals surface area (Å²) < 4.78 is 2.43. The Morgan fingerprint density at radius 3 is 2.96 bits per heavy atom. The maximum atomic E-state index is 12.9. The number of tetrazole rings is 1. The van der Waals surface area contributed by atoms with E-state index < -0.39 is 11.5 Å². The van der Waals surface area contributed by atoms with Gasteiger partial charge in [-0.15, -0.1) is 16.9 Å². The molecule has 3 heterocycles. The van der Waals surface area contributed by atoms with E-state index in [4.69, 9.17) is 0 Å². The lowest BCUT2D eigenvalue weighted by Gasteiger charge is -2.05. The lowest BCUT2D eigenvalue weighted by molar-refractivity contribution is 0.102. The van der Waals surface area contributed by atoms with Gasteiger partial charge < -0.3 is 0 Å². The van der Waals surface area contributed by atoms with Crippen molar-refractivity contribution < 1.29 is 4.79 Å². The van der Waals surface area contributed by atoms with Gasteiger partial charge in [-0.2, -0.15) is 5.21 Å². The monoisotopic (exact) mass is 387 g/mol. The SMILES string of the molecule is CCc1cc2c(cc1SC)sc1ncc(C(=O)Nc3nn[nH]n3)c(=O)n12. The van der Waals surface area contributed by atoms with Gasteiger partial charge in [0.25, 0.3) is 17.4 Å². The number of H-pyrrole nitrogens is 1. The maximum Gasteiger partial charge on any atom is 0.271 e. The molecule has 0 aliphatic carbocycles. The Morgan fingerprint density at radius 2 is 2.27 bits per heavy atom. The smallest absolute Gasteiger partial charge is 0.271 e. The number of carbonyl (C=O) groups is 1. The topological polar surface area (TPSA) is 118 Å². The van der Waals surface area contributed by atoms with Crippen LogP contribution >= 0.6 is 23.1 Å². The average molecular weight is 387 g/mol. The highest BCUT2D eigenvalue weighted by Gasteiger charge is 2.18. The summed E-state index contributed by atoms with van der Waals surface area (Å²) in [4.78, 5) is 31.3. The van der Waals surface area contributed by atoms with Gasteiger partial charge >= 0.3 is 0 Å². The Morgan fingerprint density at radius 1 is 1.42 bits per heavy atom. The van der Waals surface area contributed by atoms with Crippen molar-refractivity contribution in [2.75, 3.05) is 11.6 Å². The first kappa shape index (κ1) is 16.7. The Bertz CT molecular complexity index is 1180. The molecule has 0 radical (unpaired) electrons. The van der Waals surface area contributed by atoms with E-state index in [1.165, 1.54) is 26.8 Å². The number of nitrogens with one attached hydrogen (secondary N) is 2. The Labute approximate surface area is 154 Å². The van der Waals surface area contributed by atoms with Gasteiger partial charge in [-0.25, -0.2) is 4.98 Å². The zero-order valence-electron chi connectivity index (χ0n) is 13.8. The van der Waals surface area contributed by atoms with E-state index in [1.807, 2.05) is 12.3 Å². The van der Waals surface area contributed by atoms with Crippen LogP contribution in [0.25, 0.3) is 15.2 Å². The number of aryl methyl sites for hydroxylation is 1. The molecule has 26 heavy (non-hydrogen) atoms. The minimum atomic E-state index is -0.630. The molecule has 11 heteroatoms. The van der Waals surface area contributed by atoms with Crippen molar-refractivity contribution in [2.45, 2.75) is 18.2 Å². The quantitative estimate of drug-likeness (QED) is 0.514. The number of rotatable bonds is 4. The van der Waals surface area contributed by atoms with Crippen molar-refractivity contribution in [3.63, 3.8) is 0 Å². The number of amides is 1. The first-order valence-corrected chi connectivity index (χ1v) is 9.72. The summed E-state index contributed by atoms with van der Waals surface area (Å²) in [6.45, 7) is 2.07. The lowest BCUT2D eigenvalue weighted by atomic mass is 10.1. The number of aromatic nitrogens is 6. The number of nitrogens with zero attached hydrogens (tertiary/aromatic N) is 5. The number of thioether (sulfide) groups is 1. The number of anilines is 1. The molecule has 0 bridgehead atoms. The molecule has 3 aromatic heterocycles. The van der Waals surface area contributed by atoms with E-state index in [0.29, 0.717) is 4.96 Å². The van der Waals surface area contributed by atoms with Gasteiger partial charge in [-0.1, -0.05) is 23.4 Å². The van der Waals surface area contributed by atoms with Crippen LogP contribution in [0.4, 0.5) is 5.95 Å². The molecule has 0 atom stereocenters. The predicted molar refractivity (Wildman–Crippen MR) is 100 cm³/mol. The van der Waals surface area contributed by atoms with Crippen LogP contribution in [0, 0.1) is 0 Å².